The Labute approximate surface area is 89.2 Å². The van der Waals surface area contributed by atoms with Crippen LogP contribution < -0.4 is 5.73 Å². The smallest absolute Gasteiger partial charge is 0.419 e. The van der Waals surface area contributed by atoms with Gasteiger partial charge in [-0.15, -0.1) is 0 Å². The topological polar surface area (TPSA) is 70.1 Å². The van der Waals surface area contributed by atoms with Crippen molar-refractivity contribution in [1.29, 1.82) is 0 Å². The standard InChI is InChI=1S/C10H17N3O2/c1-10(2,3)15-9(14)13-6-8(4-5-11)12-7-13/h6-7H,4-5,11H2,1-3H3. The van der Waals surface area contributed by atoms with Crippen molar-refractivity contribution in [2.24, 2.45) is 5.73 Å². The molecule has 0 amide bonds. The quantitative estimate of drug-likeness (QED) is 0.797. The van der Waals surface area contributed by atoms with Crippen LogP contribution in [0.25, 0.3) is 0 Å². The summed E-state index contributed by atoms with van der Waals surface area (Å²) in [6, 6.07) is 0. The van der Waals surface area contributed by atoms with Gasteiger partial charge in [-0.2, -0.15) is 0 Å². The van der Waals surface area contributed by atoms with E-state index in [1.807, 2.05) is 20.8 Å². The van der Waals surface area contributed by atoms with Gasteiger partial charge in [0.05, 0.1) is 5.69 Å². The molecule has 0 bridgehead atoms. The fraction of sp³-hybridized carbons (Fsp3) is 0.600. The van der Waals surface area contributed by atoms with E-state index < -0.39 is 11.7 Å². The normalized spacial score (nSPS) is 11.5. The Morgan fingerprint density at radius 1 is 1.60 bits per heavy atom. The predicted molar refractivity (Wildman–Crippen MR) is 56.6 cm³/mol. The lowest BCUT2D eigenvalue weighted by atomic mass is 10.2. The van der Waals surface area contributed by atoms with Crippen LogP contribution in [0.15, 0.2) is 12.5 Å². The highest BCUT2D eigenvalue weighted by atomic mass is 16.6. The summed E-state index contributed by atoms with van der Waals surface area (Å²) in [7, 11) is 0. The number of hydrogen-bond donors (Lipinski definition) is 1. The zero-order valence-corrected chi connectivity index (χ0v) is 9.36. The second kappa shape index (κ2) is 4.44. The second-order valence-electron chi connectivity index (χ2n) is 4.29. The molecule has 1 aromatic heterocycles. The zero-order chi connectivity index (χ0) is 11.5. The number of carbonyl (C=O) groups is 1. The van der Waals surface area contributed by atoms with Crippen LogP contribution in [-0.4, -0.2) is 27.8 Å². The lowest BCUT2D eigenvalue weighted by Crippen LogP contribution is -2.26. The van der Waals surface area contributed by atoms with Crippen molar-refractivity contribution in [1.82, 2.24) is 9.55 Å². The van der Waals surface area contributed by atoms with Crippen LogP contribution in [0.2, 0.25) is 0 Å². The largest absolute Gasteiger partial charge is 0.443 e. The molecule has 15 heavy (non-hydrogen) atoms. The molecule has 0 radical (unpaired) electrons. The van der Waals surface area contributed by atoms with Crippen LogP contribution in [0.4, 0.5) is 4.79 Å². The number of ether oxygens (including phenoxy) is 1. The molecule has 84 valence electrons. The first kappa shape index (κ1) is 11.7. The Kier molecular flexibility index (Phi) is 3.47. The maximum atomic E-state index is 11.5. The lowest BCUT2D eigenvalue weighted by Gasteiger charge is -2.19. The molecule has 0 atom stereocenters. The molecule has 5 heteroatoms. The molecule has 0 aliphatic carbocycles. The minimum atomic E-state index is -0.491. The average Bonchev–Trinajstić information content (AvgIpc) is 2.50. The first-order chi connectivity index (χ1) is 6.92. The summed E-state index contributed by atoms with van der Waals surface area (Å²) in [5, 5.41) is 0. The minimum Gasteiger partial charge on any atom is -0.443 e. The van der Waals surface area contributed by atoms with Crippen LogP contribution in [-0.2, 0) is 11.2 Å². The van der Waals surface area contributed by atoms with Crippen LogP contribution in [0, 0.1) is 0 Å². The van der Waals surface area contributed by atoms with Crippen molar-refractivity contribution in [2.75, 3.05) is 6.54 Å². The van der Waals surface area contributed by atoms with Gasteiger partial charge in [-0.25, -0.2) is 14.3 Å². The summed E-state index contributed by atoms with van der Waals surface area (Å²) in [5.74, 6) is 0. The van der Waals surface area contributed by atoms with Gasteiger partial charge in [0.1, 0.15) is 11.9 Å². The molecule has 0 aromatic carbocycles. The Bertz CT molecular complexity index is 339. The summed E-state index contributed by atoms with van der Waals surface area (Å²) in [6.07, 6.45) is 3.33. The van der Waals surface area contributed by atoms with E-state index in [-0.39, 0.29) is 0 Å². The Hall–Kier alpha value is -1.36. The summed E-state index contributed by atoms with van der Waals surface area (Å²) >= 11 is 0. The highest BCUT2D eigenvalue weighted by Crippen LogP contribution is 2.09. The van der Waals surface area contributed by atoms with Crippen molar-refractivity contribution in [3.05, 3.63) is 18.2 Å². The van der Waals surface area contributed by atoms with Gasteiger partial charge in [-0.1, -0.05) is 0 Å². The van der Waals surface area contributed by atoms with Crippen molar-refractivity contribution in [3.8, 4) is 0 Å². The molecule has 0 aliphatic heterocycles. The second-order valence-corrected chi connectivity index (χ2v) is 4.29. The maximum absolute atomic E-state index is 11.5. The molecular formula is C10H17N3O2. The monoisotopic (exact) mass is 211 g/mol. The van der Waals surface area contributed by atoms with E-state index in [0.29, 0.717) is 13.0 Å². The van der Waals surface area contributed by atoms with E-state index in [9.17, 15) is 4.79 Å². The van der Waals surface area contributed by atoms with Gasteiger partial charge in [0.2, 0.25) is 0 Å². The molecule has 0 fully saturated rings. The molecule has 0 saturated carbocycles. The van der Waals surface area contributed by atoms with E-state index in [2.05, 4.69) is 4.98 Å². The summed E-state index contributed by atoms with van der Waals surface area (Å²) in [6.45, 7) is 5.99. The Balaban J connectivity index is 2.66. The van der Waals surface area contributed by atoms with Gasteiger partial charge >= 0.3 is 6.09 Å². The molecule has 1 heterocycles. The van der Waals surface area contributed by atoms with Crippen molar-refractivity contribution < 1.29 is 9.53 Å². The lowest BCUT2D eigenvalue weighted by molar-refractivity contribution is 0.0536. The first-order valence-electron chi connectivity index (χ1n) is 4.88. The van der Waals surface area contributed by atoms with Gasteiger partial charge in [-0.05, 0) is 27.3 Å². The number of carbonyl (C=O) groups excluding carboxylic acids is 1. The molecular weight excluding hydrogens is 194 g/mol. The molecule has 0 aliphatic rings. The third kappa shape index (κ3) is 3.71. The van der Waals surface area contributed by atoms with Crippen LogP contribution in [0.1, 0.15) is 26.5 Å². The highest BCUT2D eigenvalue weighted by Gasteiger charge is 2.17. The van der Waals surface area contributed by atoms with E-state index in [4.69, 9.17) is 10.5 Å². The molecule has 5 nitrogen and oxygen atoms in total. The van der Waals surface area contributed by atoms with Crippen LogP contribution in [0.3, 0.4) is 0 Å². The van der Waals surface area contributed by atoms with E-state index in [1.165, 1.54) is 10.9 Å². The Morgan fingerprint density at radius 3 is 2.80 bits per heavy atom. The Morgan fingerprint density at radius 2 is 2.27 bits per heavy atom. The molecule has 0 saturated heterocycles. The maximum Gasteiger partial charge on any atom is 0.419 e. The first-order valence-corrected chi connectivity index (χ1v) is 4.88. The van der Waals surface area contributed by atoms with Gasteiger partial charge in [0.15, 0.2) is 0 Å². The summed E-state index contributed by atoms with van der Waals surface area (Å²) in [5.41, 5.74) is 5.69. The number of aromatic nitrogens is 2. The minimum absolute atomic E-state index is 0.418. The molecule has 1 rings (SSSR count). The predicted octanol–water partition coefficient (Wildman–Crippen LogP) is 1.17. The molecule has 2 N–H and O–H groups in total. The number of rotatable bonds is 2. The van der Waals surface area contributed by atoms with Crippen LogP contribution in [0.5, 0.6) is 0 Å². The van der Waals surface area contributed by atoms with Gasteiger partial charge in [0.25, 0.3) is 0 Å². The van der Waals surface area contributed by atoms with Crippen LogP contribution >= 0.6 is 0 Å². The van der Waals surface area contributed by atoms with E-state index >= 15 is 0 Å². The van der Waals surface area contributed by atoms with Crippen molar-refractivity contribution in [2.45, 2.75) is 32.8 Å². The molecule has 1 aromatic rings. The zero-order valence-electron chi connectivity index (χ0n) is 9.36. The summed E-state index contributed by atoms with van der Waals surface area (Å²) in [4.78, 5) is 15.6. The van der Waals surface area contributed by atoms with Crippen molar-refractivity contribution >= 4 is 6.09 Å². The summed E-state index contributed by atoms with van der Waals surface area (Å²) < 4.78 is 6.50. The highest BCUT2D eigenvalue weighted by molar-refractivity contribution is 5.70. The SMILES string of the molecule is CC(C)(C)OC(=O)n1cnc(CCN)c1. The molecule has 0 spiro atoms. The van der Waals surface area contributed by atoms with Crippen molar-refractivity contribution in [3.63, 3.8) is 0 Å². The third-order valence-corrected chi connectivity index (χ3v) is 1.64. The third-order valence-electron chi connectivity index (χ3n) is 1.64. The van der Waals surface area contributed by atoms with Gasteiger partial charge in [-0.3, -0.25) is 0 Å². The number of nitrogens with two attached hydrogens (primary N) is 1. The van der Waals surface area contributed by atoms with Gasteiger partial charge < -0.3 is 10.5 Å². The fourth-order valence-corrected chi connectivity index (χ4v) is 1.06. The average molecular weight is 211 g/mol. The fourth-order valence-electron chi connectivity index (χ4n) is 1.06. The number of nitrogens with zero attached hydrogens (tertiary/aromatic N) is 2. The number of hydrogen-bond acceptors (Lipinski definition) is 4. The van der Waals surface area contributed by atoms with Gasteiger partial charge in [0, 0.05) is 12.6 Å². The number of imidazole rings is 1. The van der Waals surface area contributed by atoms with E-state index in [0.717, 1.165) is 5.69 Å². The van der Waals surface area contributed by atoms with E-state index in [1.54, 1.807) is 6.20 Å². The molecule has 0 unspecified atom stereocenters.